The maximum Gasteiger partial charge on any atom is 0.225 e. The largest absolute Gasteiger partial charge is 0.391 e. The van der Waals surface area contributed by atoms with E-state index in [0.29, 0.717) is 6.54 Å². The van der Waals surface area contributed by atoms with Crippen molar-refractivity contribution in [3.8, 4) is 0 Å². The predicted molar refractivity (Wildman–Crippen MR) is 95.6 cm³/mol. The molecule has 0 aliphatic carbocycles. The SMILES string of the molecule is O[C@@H]1CN(Cc2cnc(N3CCOCC3)nc2)C[C@H]1Cc1cnccn1. The first-order valence-electron chi connectivity index (χ1n) is 9.07. The van der Waals surface area contributed by atoms with Gasteiger partial charge in [-0.15, -0.1) is 0 Å². The van der Waals surface area contributed by atoms with E-state index in [2.05, 4.69) is 29.7 Å². The van der Waals surface area contributed by atoms with Crippen LogP contribution >= 0.6 is 0 Å². The number of rotatable bonds is 5. The predicted octanol–water partition coefficient (Wildman–Crippen LogP) is 0.139. The molecule has 0 spiro atoms. The number of nitrogens with zero attached hydrogens (tertiary/aromatic N) is 6. The molecule has 2 aliphatic heterocycles. The average Bonchev–Trinajstić information content (AvgIpc) is 3.03. The lowest BCUT2D eigenvalue weighted by Crippen LogP contribution is -2.37. The Kier molecular flexibility index (Phi) is 5.33. The van der Waals surface area contributed by atoms with Gasteiger partial charge in [-0.25, -0.2) is 9.97 Å². The summed E-state index contributed by atoms with van der Waals surface area (Å²) in [5.41, 5.74) is 1.99. The summed E-state index contributed by atoms with van der Waals surface area (Å²) in [7, 11) is 0. The van der Waals surface area contributed by atoms with Gasteiger partial charge in [0.1, 0.15) is 0 Å². The molecule has 2 saturated heterocycles. The summed E-state index contributed by atoms with van der Waals surface area (Å²) in [6.45, 7) is 5.37. The number of aromatic nitrogens is 4. The second-order valence-corrected chi connectivity index (χ2v) is 6.91. The first-order valence-corrected chi connectivity index (χ1v) is 9.07. The molecule has 0 amide bonds. The van der Waals surface area contributed by atoms with E-state index in [-0.39, 0.29) is 12.0 Å². The van der Waals surface area contributed by atoms with Gasteiger partial charge in [0.2, 0.25) is 5.95 Å². The first-order chi connectivity index (χ1) is 12.8. The standard InChI is InChI=1S/C18H24N6O2/c25-17-13-23(12-15(17)7-16-10-19-1-2-20-16)11-14-8-21-18(22-9-14)24-3-5-26-6-4-24/h1-2,8-10,15,17,25H,3-7,11-13H2/t15-,17-/m1/s1. The molecule has 8 nitrogen and oxygen atoms in total. The van der Waals surface area contributed by atoms with Crippen LogP contribution in [-0.4, -0.2) is 75.4 Å². The molecule has 0 aromatic carbocycles. The highest BCUT2D eigenvalue weighted by atomic mass is 16.5. The summed E-state index contributed by atoms with van der Waals surface area (Å²) >= 11 is 0. The van der Waals surface area contributed by atoms with Crippen LogP contribution in [0.4, 0.5) is 5.95 Å². The zero-order chi connectivity index (χ0) is 17.8. The van der Waals surface area contributed by atoms with Gasteiger partial charge in [0.25, 0.3) is 0 Å². The fraction of sp³-hybridized carbons (Fsp3) is 0.556. The van der Waals surface area contributed by atoms with Gasteiger partial charge < -0.3 is 14.7 Å². The third-order valence-electron chi connectivity index (χ3n) is 4.96. The van der Waals surface area contributed by atoms with E-state index in [4.69, 9.17) is 4.74 Å². The van der Waals surface area contributed by atoms with Crippen molar-refractivity contribution in [2.24, 2.45) is 5.92 Å². The molecule has 0 bridgehead atoms. The first kappa shape index (κ1) is 17.3. The quantitative estimate of drug-likeness (QED) is 0.809. The van der Waals surface area contributed by atoms with Gasteiger partial charge in [-0.2, -0.15) is 0 Å². The van der Waals surface area contributed by atoms with Gasteiger partial charge in [0.05, 0.1) is 25.0 Å². The van der Waals surface area contributed by atoms with Crippen molar-refractivity contribution in [2.45, 2.75) is 19.1 Å². The number of aliphatic hydroxyl groups excluding tert-OH is 1. The highest BCUT2D eigenvalue weighted by molar-refractivity contribution is 5.30. The molecule has 26 heavy (non-hydrogen) atoms. The summed E-state index contributed by atoms with van der Waals surface area (Å²) in [5, 5.41) is 10.4. The third-order valence-corrected chi connectivity index (χ3v) is 4.96. The second-order valence-electron chi connectivity index (χ2n) is 6.91. The van der Waals surface area contributed by atoms with Crippen molar-refractivity contribution in [3.05, 3.63) is 42.2 Å². The second kappa shape index (κ2) is 8.03. The Morgan fingerprint density at radius 3 is 2.58 bits per heavy atom. The third kappa shape index (κ3) is 4.14. The number of ether oxygens (including phenoxy) is 1. The molecule has 138 valence electrons. The van der Waals surface area contributed by atoms with Crippen molar-refractivity contribution < 1.29 is 9.84 Å². The molecule has 0 unspecified atom stereocenters. The summed E-state index contributed by atoms with van der Waals surface area (Å²) < 4.78 is 5.36. The lowest BCUT2D eigenvalue weighted by Gasteiger charge is -2.26. The molecule has 4 heterocycles. The van der Waals surface area contributed by atoms with Gasteiger partial charge in [-0.05, 0) is 6.42 Å². The minimum Gasteiger partial charge on any atom is -0.391 e. The molecule has 2 aromatic heterocycles. The topological polar surface area (TPSA) is 87.5 Å². The monoisotopic (exact) mass is 356 g/mol. The molecular formula is C18H24N6O2. The van der Waals surface area contributed by atoms with Crippen LogP contribution in [0.1, 0.15) is 11.3 Å². The fourth-order valence-electron chi connectivity index (χ4n) is 3.59. The van der Waals surface area contributed by atoms with Crippen LogP contribution in [0.15, 0.2) is 31.0 Å². The van der Waals surface area contributed by atoms with Crippen molar-refractivity contribution in [1.82, 2.24) is 24.8 Å². The van der Waals surface area contributed by atoms with Crippen LogP contribution < -0.4 is 4.90 Å². The lowest BCUT2D eigenvalue weighted by atomic mass is 10.0. The maximum atomic E-state index is 10.4. The summed E-state index contributed by atoms with van der Waals surface area (Å²) in [6, 6.07) is 0. The number of morpholine rings is 1. The number of anilines is 1. The molecule has 2 fully saturated rings. The smallest absolute Gasteiger partial charge is 0.225 e. The fourth-order valence-corrected chi connectivity index (χ4v) is 3.59. The molecule has 2 aliphatic rings. The highest BCUT2D eigenvalue weighted by Gasteiger charge is 2.31. The maximum absolute atomic E-state index is 10.4. The van der Waals surface area contributed by atoms with Gasteiger partial charge in [0, 0.05) is 75.2 Å². The Balaban J connectivity index is 1.32. The van der Waals surface area contributed by atoms with Crippen LogP contribution in [0.2, 0.25) is 0 Å². The number of hydrogen-bond acceptors (Lipinski definition) is 8. The summed E-state index contributed by atoms with van der Waals surface area (Å²) in [5.74, 6) is 0.944. The Labute approximate surface area is 152 Å². The molecule has 0 radical (unpaired) electrons. The van der Waals surface area contributed by atoms with Crippen LogP contribution in [0.25, 0.3) is 0 Å². The molecule has 4 rings (SSSR count). The molecule has 1 N–H and O–H groups in total. The molecule has 8 heteroatoms. The Morgan fingerprint density at radius 1 is 1.04 bits per heavy atom. The Morgan fingerprint density at radius 2 is 1.85 bits per heavy atom. The van der Waals surface area contributed by atoms with Gasteiger partial charge >= 0.3 is 0 Å². The van der Waals surface area contributed by atoms with Crippen molar-refractivity contribution >= 4 is 5.95 Å². The van der Waals surface area contributed by atoms with Crippen molar-refractivity contribution in [1.29, 1.82) is 0 Å². The van der Waals surface area contributed by atoms with E-state index in [9.17, 15) is 5.11 Å². The molecule has 2 aromatic rings. The number of hydrogen-bond donors (Lipinski definition) is 1. The highest BCUT2D eigenvalue weighted by Crippen LogP contribution is 2.22. The van der Waals surface area contributed by atoms with Crippen LogP contribution in [0.5, 0.6) is 0 Å². The molecular weight excluding hydrogens is 332 g/mol. The van der Waals surface area contributed by atoms with Crippen LogP contribution in [-0.2, 0) is 17.7 Å². The van der Waals surface area contributed by atoms with Crippen molar-refractivity contribution in [3.63, 3.8) is 0 Å². The Hall–Kier alpha value is -2.16. The van der Waals surface area contributed by atoms with E-state index in [0.717, 1.165) is 63.0 Å². The average molecular weight is 356 g/mol. The van der Waals surface area contributed by atoms with E-state index >= 15 is 0 Å². The number of likely N-dealkylation sites (tertiary alicyclic amines) is 1. The zero-order valence-electron chi connectivity index (χ0n) is 14.7. The van der Waals surface area contributed by atoms with Gasteiger partial charge in [0.15, 0.2) is 0 Å². The van der Waals surface area contributed by atoms with E-state index in [1.807, 2.05) is 12.4 Å². The Bertz CT molecular complexity index is 693. The molecule has 0 saturated carbocycles. The van der Waals surface area contributed by atoms with Gasteiger partial charge in [-0.1, -0.05) is 0 Å². The lowest BCUT2D eigenvalue weighted by molar-refractivity contribution is 0.122. The van der Waals surface area contributed by atoms with Crippen LogP contribution in [0.3, 0.4) is 0 Å². The molecule has 2 atom stereocenters. The van der Waals surface area contributed by atoms with Gasteiger partial charge in [-0.3, -0.25) is 14.9 Å². The van der Waals surface area contributed by atoms with E-state index < -0.39 is 0 Å². The van der Waals surface area contributed by atoms with E-state index in [1.165, 1.54) is 0 Å². The summed E-state index contributed by atoms with van der Waals surface area (Å²) in [6.07, 6.45) is 9.32. The number of aliphatic hydroxyl groups is 1. The zero-order valence-corrected chi connectivity index (χ0v) is 14.7. The van der Waals surface area contributed by atoms with Crippen LogP contribution in [0, 0.1) is 5.92 Å². The van der Waals surface area contributed by atoms with Crippen molar-refractivity contribution in [2.75, 3.05) is 44.3 Å². The van der Waals surface area contributed by atoms with E-state index in [1.54, 1.807) is 18.6 Å². The normalized spacial score (nSPS) is 24.1. The minimum absolute atomic E-state index is 0.181. The minimum atomic E-state index is -0.342. The number of β-amino-alcohol motifs (C(OH)–C–C–N with tert-alkyl or cyclic N) is 1. The summed E-state index contributed by atoms with van der Waals surface area (Å²) in [4.78, 5) is 21.8.